The first-order chi connectivity index (χ1) is 7.06. The van der Waals surface area contributed by atoms with Crippen molar-refractivity contribution >= 4 is 0 Å². The Bertz CT molecular complexity index is 253. The molecule has 1 aliphatic heterocycles. The molecular formula is C9H17N3O3. The van der Waals surface area contributed by atoms with Crippen LogP contribution in [0, 0.1) is 0 Å². The summed E-state index contributed by atoms with van der Waals surface area (Å²) in [5.74, 6) is 0. The van der Waals surface area contributed by atoms with Gasteiger partial charge >= 0.3 is 0 Å². The quantitative estimate of drug-likeness (QED) is 0.434. The molecule has 0 aromatic heterocycles. The van der Waals surface area contributed by atoms with Crippen molar-refractivity contribution in [2.45, 2.75) is 51.2 Å². The maximum Gasteiger partial charge on any atom is 0.0943 e. The van der Waals surface area contributed by atoms with Crippen LogP contribution in [-0.4, -0.2) is 42.2 Å². The third-order valence-corrected chi connectivity index (χ3v) is 2.38. The molecule has 0 aromatic carbocycles. The largest absolute Gasteiger partial charge is 0.390 e. The average molecular weight is 215 g/mol. The summed E-state index contributed by atoms with van der Waals surface area (Å²) < 4.78 is 10.8. The van der Waals surface area contributed by atoms with E-state index in [9.17, 15) is 5.11 Å². The molecule has 1 fully saturated rings. The van der Waals surface area contributed by atoms with Gasteiger partial charge in [-0.2, -0.15) is 0 Å². The maximum atomic E-state index is 9.68. The normalized spacial score (nSPS) is 35.5. The number of nitrogens with zero attached hydrogens (tertiary/aromatic N) is 3. The summed E-state index contributed by atoms with van der Waals surface area (Å²) in [6.45, 7) is 5.91. The molecule has 6 heteroatoms. The minimum absolute atomic E-state index is 0.0911. The van der Waals surface area contributed by atoms with Crippen LogP contribution in [-0.2, 0) is 9.47 Å². The zero-order valence-electron chi connectivity index (χ0n) is 9.20. The zero-order chi connectivity index (χ0) is 11.4. The molecule has 1 N–H and O–H groups in total. The lowest BCUT2D eigenvalue weighted by Gasteiger charge is -2.16. The Morgan fingerprint density at radius 1 is 1.60 bits per heavy atom. The highest BCUT2D eigenvalue weighted by molar-refractivity contribution is 4.94. The summed E-state index contributed by atoms with van der Waals surface area (Å²) >= 11 is 0. The topological polar surface area (TPSA) is 87.5 Å². The molecule has 0 spiro atoms. The van der Waals surface area contributed by atoms with E-state index in [0.29, 0.717) is 6.61 Å². The van der Waals surface area contributed by atoms with Crippen LogP contribution in [0.4, 0.5) is 0 Å². The fourth-order valence-corrected chi connectivity index (χ4v) is 1.56. The van der Waals surface area contributed by atoms with Gasteiger partial charge in [-0.3, -0.25) is 0 Å². The Kier molecular flexibility index (Phi) is 4.35. The van der Waals surface area contributed by atoms with E-state index in [1.807, 2.05) is 13.8 Å². The molecule has 86 valence electrons. The fourth-order valence-electron chi connectivity index (χ4n) is 1.56. The van der Waals surface area contributed by atoms with E-state index in [1.165, 1.54) is 0 Å². The van der Waals surface area contributed by atoms with Crippen LogP contribution < -0.4 is 0 Å². The Morgan fingerprint density at radius 3 is 2.80 bits per heavy atom. The van der Waals surface area contributed by atoms with Crippen molar-refractivity contribution in [3.8, 4) is 0 Å². The van der Waals surface area contributed by atoms with Crippen LogP contribution in [0.15, 0.2) is 5.11 Å². The van der Waals surface area contributed by atoms with Gasteiger partial charge in [-0.05, 0) is 26.3 Å². The van der Waals surface area contributed by atoms with Crippen LogP contribution in [0.2, 0.25) is 0 Å². The van der Waals surface area contributed by atoms with E-state index in [1.54, 1.807) is 6.92 Å². The van der Waals surface area contributed by atoms with Gasteiger partial charge in [0, 0.05) is 4.91 Å². The smallest absolute Gasteiger partial charge is 0.0943 e. The lowest BCUT2D eigenvalue weighted by atomic mass is 10.1. The van der Waals surface area contributed by atoms with E-state index in [4.69, 9.17) is 15.0 Å². The van der Waals surface area contributed by atoms with Crippen LogP contribution >= 0.6 is 0 Å². The lowest BCUT2D eigenvalue weighted by molar-refractivity contribution is -0.0364. The number of ether oxygens (including phenoxy) is 2. The molecule has 1 heterocycles. The highest BCUT2D eigenvalue weighted by Gasteiger charge is 2.40. The molecule has 1 saturated heterocycles. The Labute approximate surface area is 88.8 Å². The van der Waals surface area contributed by atoms with Gasteiger partial charge in [-0.1, -0.05) is 5.11 Å². The second kappa shape index (κ2) is 5.32. The van der Waals surface area contributed by atoms with Gasteiger partial charge in [-0.25, -0.2) is 0 Å². The zero-order valence-corrected chi connectivity index (χ0v) is 9.20. The summed E-state index contributed by atoms with van der Waals surface area (Å²) in [6.07, 6.45) is -1.33. The van der Waals surface area contributed by atoms with E-state index >= 15 is 0 Å². The Balaban J connectivity index is 2.58. The second-order valence-electron chi connectivity index (χ2n) is 3.95. The van der Waals surface area contributed by atoms with E-state index in [-0.39, 0.29) is 18.3 Å². The van der Waals surface area contributed by atoms with Gasteiger partial charge in [0.2, 0.25) is 0 Å². The van der Waals surface area contributed by atoms with Crippen LogP contribution in [0.5, 0.6) is 0 Å². The first-order valence-electron chi connectivity index (χ1n) is 5.05. The summed E-state index contributed by atoms with van der Waals surface area (Å²) in [4.78, 5) is 2.71. The van der Waals surface area contributed by atoms with E-state index in [0.717, 1.165) is 0 Å². The predicted molar refractivity (Wildman–Crippen MR) is 54.4 cm³/mol. The number of aliphatic hydroxyl groups excluding tert-OH is 1. The molecule has 1 rings (SSSR count). The molecule has 0 radical (unpaired) electrons. The first-order valence-corrected chi connectivity index (χ1v) is 5.05. The predicted octanol–water partition coefficient (Wildman–Crippen LogP) is 1.24. The third kappa shape index (κ3) is 3.07. The molecule has 0 saturated carbocycles. The monoisotopic (exact) mass is 215 g/mol. The fraction of sp³-hybridized carbons (Fsp3) is 1.00. The van der Waals surface area contributed by atoms with Gasteiger partial charge in [0.15, 0.2) is 0 Å². The number of hydrogen-bond donors (Lipinski definition) is 1. The third-order valence-electron chi connectivity index (χ3n) is 2.38. The standard InChI is InChI=1S/C9H17N3O3/c1-5(2)14-4-7-8(11-12-10)9(13)6(3)15-7/h5-9,13H,4H2,1-3H3/t6-,7+,8?,9+/m0/s1. The Morgan fingerprint density at radius 2 is 2.27 bits per heavy atom. The molecule has 4 atom stereocenters. The van der Waals surface area contributed by atoms with Crippen LogP contribution in [0.3, 0.4) is 0 Å². The summed E-state index contributed by atoms with van der Waals surface area (Å²) in [7, 11) is 0. The van der Waals surface area contributed by atoms with Crippen molar-refractivity contribution in [2.75, 3.05) is 6.61 Å². The minimum Gasteiger partial charge on any atom is -0.390 e. The van der Waals surface area contributed by atoms with Crippen molar-refractivity contribution in [2.24, 2.45) is 5.11 Å². The van der Waals surface area contributed by atoms with Gasteiger partial charge in [0.1, 0.15) is 0 Å². The van der Waals surface area contributed by atoms with Crippen molar-refractivity contribution in [1.82, 2.24) is 0 Å². The number of azide groups is 1. The van der Waals surface area contributed by atoms with Gasteiger partial charge in [-0.15, -0.1) is 0 Å². The van der Waals surface area contributed by atoms with E-state index in [2.05, 4.69) is 10.0 Å². The summed E-state index contributed by atoms with van der Waals surface area (Å²) in [5.41, 5.74) is 8.38. The molecule has 0 aliphatic carbocycles. The van der Waals surface area contributed by atoms with Crippen LogP contribution in [0.1, 0.15) is 20.8 Å². The summed E-state index contributed by atoms with van der Waals surface area (Å²) in [5, 5.41) is 13.2. The number of hydrogen-bond acceptors (Lipinski definition) is 4. The van der Waals surface area contributed by atoms with Gasteiger partial charge < -0.3 is 14.6 Å². The lowest BCUT2D eigenvalue weighted by Crippen LogP contribution is -2.32. The molecular weight excluding hydrogens is 198 g/mol. The molecule has 0 amide bonds. The Hall–Kier alpha value is -0.810. The van der Waals surface area contributed by atoms with E-state index < -0.39 is 12.1 Å². The average Bonchev–Trinajstić information content (AvgIpc) is 2.43. The molecule has 0 aromatic rings. The summed E-state index contributed by atoms with van der Waals surface area (Å²) in [6, 6.07) is -0.552. The molecule has 1 unspecified atom stereocenters. The molecule has 1 aliphatic rings. The van der Waals surface area contributed by atoms with Gasteiger partial charge in [0.05, 0.1) is 37.1 Å². The highest BCUT2D eigenvalue weighted by atomic mass is 16.6. The first kappa shape index (κ1) is 12.3. The molecule has 0 bridgehead atoms. The number of aliphatic hydroxyl groups is 1. The second-order valence-corrected chi connectivity index (χ2v) is 3.95. The van der Waals surface area contributed by atoms with Crippen molar-refractivity contribution in [3.05, 3.63) is 10.4 Å². The number of rotatable bonds is 4. The van der Waals surface area contributed by atoms with Crippen molar-refractivity contribution < 1.29 is 14.6 Å². The minimum atomic E-state index is -0.748. The maximum absolute atomic E-state index is 9.68. The molecule has 15 heavy (non-hydrogen) atoms. The molecule has 6 nitrogen and oxygen atoms in total. The van der Waals surface area contributed by atoms with Crippen molar-refractivity contribution in [3.63, 3.8) is 0 Å². The highest BCUT2D eigenvalue weighted by Crippen LogP contribution is 2.24. The van der Waals surface area contributed by atoms with Crippen molar-refractivity contribution in [1.29, 1.82) is 0 Å². The SMILES string of the molecule is CC(C)OC[C@H]1O[C@@H](C)[C@@H](O)C1N=[N+]=[N-]. The van der Waals surface area contributed by atoms with Gasteiger partial charge in [0.25, 0.3) is 0 Å². The van der Waals surface area contributed by atoms with Crippen LogP contribution in [0.25, 0.3) is 10.4 Å².